The molecule has 2 heteroatoms. The predicted octanol–water partition coefficient (Wildman–Crippen LogP) is 2.60. The molecule has 0 saturated heterocycles. The lowest BCUT2D eigenvalue weighted by Crippen LogP contribution is -2.01. The van der Waals surface area contributed by atoms with Crippen LogP contribution in [0.2, 0.25) is 0 Å². The second kappa shape index (κ2) is 2.85. The van der Waals surface area contributed by atoms with E-state index >= 15 is 0 Å². The third kappa shape index (κ3) is 1.01. The van der Waals surface area contributed by atoms with E-state index in [4.69, 9.17) is 4.42 Å². The summed E-state index contributed by atoms with van der Waals surface area (Å²) in [6.45, 7) is 4.01. The molecule has 72 valence electrons. The van der Waals surface area contributed by atoms with Crippen molar-refractivity contribution in [3.63, 3.8) is 0 Å². The maximum Gasteiger partial charge on any atom is 0.134 e. The van der Waals surface area contributed by atoms with Gasteiger partial charge < -0.3 is 9.73 Å². The highest BCUT2D eigenvalue weighted by molar-refractivity contribution is 5.83. The number of fused-ring (bicyclic) bond motifs is 3. The zero-order valence-electron chi connectivity index (χ0n) is 8.26. The van der Waals surface area contributed by atoms with Gasteiger partial charge in [0.05, 0.1) is 6.54 Å². The minimum atomic E-state index is 0.880. The van der Waals surface area contributed by atoms with E-state index in [2.05, 4.69) is 30.4 Å². The van der Waals surface area contributed by atoms with Gasteiger partial charge in [0.15, 0.2) is 0 Å². The van der Waals surface area contributed by atoms with Crippen molar-refractivity contribution in [3.05, 3.63) is 35.1 Å². The Morgan fingerprint density at radius 2 is 2.29 bits per heavy atom. The molecule has 0 atom stereocenters. The maximum atomic E-state index is 5.75. The minimum absolute atomic E-state index is 0.880. The van der Waals surface area contributed by atoms with Gasteiger partial charge in [-0.3, -0.25) is 0 Å². The molecule has 0 unspecified atom stereocenters. The van der Waals surface area contributed by atoms with Gasteiger partial charge in [0.2, 0.25) is 0 Å². The van der Waals surface area contributed by atoms with Gasteiger partial charge in [-0.25, -0.2) is 0 Å². The van der Waals surface area contributed by atoms with Gasteiger partial charge in [0.1, 0.15) is 11.3 Å². The Hall–Kier alpha value is -1.28. The highest BCUT2D eigenvalue weighted by Gasteiger charge is 2.18. The van der Waals surface area contributed by atoms with Gasteiger partial charge in [-0.05, 0) is 24.1 Å². The summed E-state index contributed by atoms with van der Waals surface area (Å²) < 4.78 is 5.75. The van der Waals surface area contributed by atoms with Crippen LogP contribution in [0.4, 0.5) is 0 Å². The monoisotopic (exact) mass is 187 g/mol. The molecule has 0 amide bonds. The first-order valence-corrected chi connectivity index (χ1v) is 5.12. The smallest absolute Gasteiger partial charge is 0.134 e. The van der Waals surface area contributed by atoms with E-state index in [9.17, 15) is 0 Å². The molecular formula is C12H13NO. The number of nitrogens with one attached hydrogen (secondary N) is 1. The molecule has 0 radical (unpaired) electrons. The van der Waals surface area contributed by atoms with Crippen LogP contribution in [0.3, 0.4) is 0 Å². The topological polar surface area (TPSA) is 25.2 Å². The normalized spacial score (nSPS) is 14.9. The molecule has 1 N–H and O–H groups in total. The standard InChI is InChI=1S/C12H13NO/c1-2-8-3-4-11-9(5-8)10-6-13-7-12(10)14-11/h3-5,13H,2,6-7H2,1H3. The van der Waals surface area contributed by atoms with Crippen molar-refractivity contribution < 1.29 is 4.42 Å². The first kappa shape index (κ1) is 8.06. The molecule has 0 aliphatic carbocycles. The molecule has 2 heterocycles. The average Bonchev–Trinajstić information content (AvgIpc) is 2.76. The molecule has 3 rings (SSSR count). The molecule has 0 saturated carbocycles. The fraction of sp³-hybridized carbons (Fsp3) is 0.333. The SMILES string of the molecule is CCc1ccc2oc3c(c2c1)CNC3. The fourth-order valence-electron chi connectivity index (χ4n) is 2.10. The summed E-state index contributed by atoms with van der Waals surface area (Å²) in [6.07, 6.45) is 1.09. The quantitative estimate of drug-likeness (QED) is 0.742. The van der Waals surface area contributed by atoms with E-state index < -0.39 is 0 Å². The first-order valence-electron chi connectivity index (χ1n) is 5.12. The van der Waals surface area contributed by atoms with Crippen LogP contribution >= 0.6 is 0 Å². The zero-order valence-corrected chi connectivity index (χ0v) is 8.26. The molecule has 0 bridgehead atoms. The Kier molecular flexibility index (Phi) is 1.64. The molecule has 2 nitrogen and oxygen atoms in total. The Bertz CT molecular complexity index is 484. The average molecular weight is 187 g/mol. The number of benzene rings is 1. The van der Waals surface area contributed by atoms with Gasteiger partial charge in [-0.15, -0.1) is 0 Å². The minimum Gasteiger partial charge on any atom is -0.459 e. The lowest BCUT2D eigenvalue weighted by atomic mass is 10.1. The summed E-state index contributed by atoms with van der Waals surface area (Å²) in [6, 6.07) is 6.49. The number of hydrogen-bond donors (Lipinski definition) is 1. The lowest BCUT2D eigenvalue weighted by Gasteiger charge is -1.97. The molecule has 1 aromatic heterocycles. The van der Waals surface area contributed by atoms with Crippen molar-refractivity contribution in [2.75, 3.05) is 0 Å². The Morgan fingerprint density at radius 1 is 1.36 bits per heavy atom. The molecule has 14 heavy (non-hydrogen) atoms. The van der Waals surface area contributed by atoms with Gasteiger partial charge in [-0.1, -0.05) is 13.0 Å². The van der Waals surface area contributed by atoms with Crippen molar-refractivity contribution in [2.45, 2.75) is 26.4 Å². The molecular weight excluding hydrogens is 174 g/mol. The summed E-state index contributed by atoms with van der Waals surface area (Å²) in [4.78, 5) is 0. The molecule has 1 aliphatic heterocycles. The van der Waals surface area contributed by atoms with Crippen LogP contribution in [-0.2, 0) is 19.5 Å². The number of hydrogen-bond acceptors (Lipinski definition) is 2. The highest BCUT2D eigenvalue weighted by Crippen LogP contribution is 2.29. The second-order valence-corrected chi connectivity index (χ2v) is 3.79. The third-order valence-electron chi connectivity index (χ3n) is 2.93. The van der Waals surface area contributed by atoms with Crippen LogP contribution in [0.1, 0.15) is 23.8 Å². The third-order valence-corrected chi connectivity index (χ3v) is 2.93. The van der Waals surface area contributed by atoms with E-state index in [1.807, 2.05) is 0 Å². The van der Waals surface area contributed by atoms with Crippen molar-refractivity contribution in [1.82, 2.24) is 5.32 Å². The van der Waals surface area contributed by atoms with Crippen LogP contribution in [0.15, 0.2) is 22.6 Å². The maximum absolute atomic E-state index is 5.75. The molecule has 2 aromatic rings. The van der Waals surface area contributed by atoms with Crippen molar-refractivity contribution in [1.29, 1.82) is 0 Å². The van der Waals surface area contributed by atoms with Crippen LogP contribution in [0.5, 0.6) is 0 Å². The van der Waals surface area contributed by atoms with Crippen molar-refractivity contribution in [3.8, 4) is 0 Å². The van der Waals surface area contributed by atoms with Crippen LogP contribution in [-0.4, -0.2) is 0 Å². The Morgan fingerprint density at radius 3 is 3.14 bits per heavy atom. The summed E-state index contributed by atoms with van der Waals surface area (Å²) in [5.74, 6) is 1.12. The highest BCUT2D eigenvalue weighted by atomic mass is 16.3. The Balaban J connectivity index is 2.29. The number of furan rings is 1. The van der Waals surface area contributed by atoms with E-state index in [-0.39, 0.29) is 0 Å². The van der Waals surface area contributed by atoms with Crippen LogP contribution in [0.25, 0.3) is 11.0 Å². The largest absolute Gasteiger partial charge is 0.459 e. The van der Waals surface area contributed by atoms with E-state index in [0.29, 0.717) is 0 Å². The van der Waals surface area contributed by atoms with Gasteiger partial charge in [-0.2, -0.15) is 0 Å². The molecule has 1 aromatic carbocycles. The van der Waals surface area contributed by atoms with Gasteiger partial charge in [0.25, 0.3) is 0 Å². The number of rotatable bonds is 1. The van der Waals surface area contributed by atoms with Crippen molar-refractivity contribution >= 4 is 11.0 Å². The summed E-state index contributed by atoms with van der Waals surface area (Å²) >= 11 is 0. The Labute approximate surface area is 82.9 Å². The van der Waals surface area contributed by atoms with Gasteiger partial charge >= 0.3 is 0 Å². The predicted molar refractivity (Wildman–Crippen MR) is 56.1 cm³/mol. The molecule has 1 aliphatic rings. The van der Waals surface area contributed by atoms with E-state index in [1.54, 1.807) is 0 Å². The van der Waals surface area contributed by atoms with E-state index in [0.717, 1.165) is 30.9 Å². The molecule has 0 fully saturated rings. The summed E-state index contributed by atoms with van der Waals surface area (Å²) in [7, 11) is 0. The second-order valence-electron chi connectivity index (χ2n) is 3.79. The van der Waals surface area contributed by atoms with Crippen molar-refractivity contribution in [2.24, 2.45) is 0 Å². The fourth-order valence-corrected chi connectivity index (χ4v) is 2.10. The van der Waals surface area contributed by atoms with E-state index in [1.165, 1.54) is 16.5 Å². The summed E-state index contributed by atoms with van der Waals surface area (Å²) in [5, 5.41) is 4.60. The molecule has 0 spiro atoms. The van der Waals surface area contributed by atoms with Gasteiger partial charge in [0, 0.05) is 17.5 Å². The first-order chi connectivity index (χ1) is 6.88. The van der Waals surface area contributed by atoms with Crippen LogP contribution in [0, 0.1) is 0 Å². The zero-order chi connectivity index (χ0) is 9.54. The lowest BCUT2D eigenvalue weighted by molar-refractivity contribution is 0.544. The number of aryl methyl sites for hydroxylation is 1. The van der Waals surface area contributed by atoms with Crippen LogP contribution < -0.4 is 5.32 Å². The summed E-state index contributed by atoms with van der Waals surface area (Å²) in [5.41, 5.74) is 3.78.